The number of rotatable bonds is 7. The molecule has 0 atom stereocenters. The highest BCUT2D eigenvalue weighted by molar-refractivity contribution is 7.88. The van der Waals surface area contributed by atoms with Gasteiger partial charge in [0, 0.05) is 37.6 Å². The molecule has 92 valence electrons. The van der Waals surface area contributed by atoms with Gasteiger partial charge in [0.15, 0.2) is 0 Å². The fourth-order valence-electron chi connectivity index (χ4n) is 1.20. The number of nitrogens with one attached hydrogen (secondary N) is 1. The van der Waals surface area contributed by atoms with Gasteiger partial charge < -0.3 is 4.90 Å². The smallest absolute Gasteiger partial charge is 0.208 e. The molecule has 5 nitrogen and oxygen atoms in total. The van der Waals surface area contributed by atoms with Gasteiger partial charge in [0.2, 0.25) is 10.0 Å². The minimum absolute atomic E-state index is 0.452. The molecule has 0 aliphatic rings. The molecule has 1 aromatic heterocycles. The molecule has 0 unspecified atom stereocenters. The predicted molar refractivity (Wildman–Crippen MR) is 66.2 cm³/mol. The summed E-state index contributed by atoms with van der Waals surface area (Å²) in [5, 5.41) is 3.07. The number of hydrogen-bond donors (Lipinski definition) is 1. The van der Waals surface area contributed by atoms with Crippen LogP contribution in [0.4, 0.5) is 0 Å². The molecule has 0 spiro atoms. The molecule has 1 rings (SSSR count). The van der Waals surface area contributed by atoms with Gasteiger partial charge in [-0.1, -0.05) is 0 Å². The summed E-state index contributed by atoms with van der Waals surface area (Å²) in [6, 6.07) is 0. The molecule has 0 fully saturated rings. The first-order valence-electron chi connectivity index (χ1n) is 4.99. The van der Waals surface area contributed by atoms with Gasteiger partial charge in [-0.15, -0.1) is 11.3 Å². The zero-order valence-electron chi connectivity index (χ0n) is 9.51. The molecule has 0 aliphatic carbocycles. The number of likely N-dealkylation sites (N-methyl/N-ethyl adjacent to an activating group) is 1. The van der Waals surface area contributed by atoms with Crippen LogP contribution >= 0.6 is 11.3 Å². The molecule has 0 saturated carbocycles. The van der Waals surface area contributed by atoms with E-state index in [0.717, 1.165) is 18.0 Å². The monoisotopic (exact) mass is 263 g/mol. The van der Waals surface area contributed by atoms with E-state index in [1.54, 1.807) is 17.5 Å². The van der Waals surface area contributed by atoms with E-state index in [1.165, 1.54) is 6.26 Å². The number of sulfonamides is 1. The van der Waals surface area contributed by atoms with Crippen molar-refractivity contribution in [3.63, 3.8) is 0 Å². The van der Waals surface area contributed by atoms with Crippen molar-refractivity contribution in [2.24, 2.45) is 0 Å². The molecule has 0 aromatic carbocycles. The zero-order chi connectivity index (χ0) is 12.0. The van der Waals surface area contributed by atoms with Crippen LogP contribution in [-0.2, 0) is 16.4 Å². The van der Waals surface area contributed by atoms with Crippen molar-refractivity contribution >= 4 is 21.4 Å². The van der Waals surface area contributed by atoms with E-state index in [4.69, 9.17) is 0 Å². The van der Waals surface area contributed by atoms with Crippen LogP contribution in [0.1, 0.15) is 5.01 Å². The maximum Gasteiger partial charge on any atom is 0.208 e. The zero-order valence-corrected chi connectivity index (χ0v) is 11.1. The van der Waals surface area contributed by atoms with Gasteiger partial charge in [-0.25, -0.2) is 18.1 Å². The quantitative estimate of drug-likeness (QED) is 0.761. The van der Waals surface area contributed by atoms with Crippen LogP contribution in [0.5, 0.6) is 0 Å². The Morgan fingerprint density at radius 2 is 2.25 bits per heavy atom. The minimum Gasteiger partial charge on any atom is -0.305 e. The van der Waals surface area contributed by atoms with Gasteiger partial charge in [-0.05, 0) is 7.05 Å². The second-order valence-electron chi connectivity index (χ2n) is 3.65. The minimum atomic E-state index is -3.06. The highest BCUT2D eigenvalue weighted by Gasteiger charge is 2.03. The molecule has 0 radical (unpaired) electrons. The summed E-state index contributed by atoms with van der Waals surface area (Å²) in [5.41, 5.74) is 0. The third-order valence-electron chi connectivity index (χ3n) is 2.05. The largest absolute Gasteiger partial charge is 0.305 e. The third kappa shape index (κ3) is 6.16. The van der Waals surface area contributed by atoms with E-state index in [9.17, 15) is 8.42 Å². The molecule has 0 aliphatic heterocycles. The van der Waals surface area contributed by atoms with E-state index in [2.05, 4.69) is 14.6 Å². The van der Waals surface area contributed by atoms with Gasteiger partial charge in [0.05, 0.1) is 11.3 Å². The number of thiazole rings is 1. The summed E-state index contributed by atoms with van der Waals surface area (Å²) in [6.07, 6.45) is 3.88. The van der Waals surface area contributed by atoms with Crippen LogP contribution in [0.3, 0.4) is 0 Å². The maximum atomic E-state index is 10.8. The summed E-state index contributed by atoms with van der Waals surface area (Å²) >= 11 is 1.64. The maximum absolute atomic E-state index is 10.8. The van der Waals surface area contributed by atoms with Crippen LogP contribution in [0.25, 0.3) is 0 Å². The lowest BCUT2D eigenvalue weighted by Gasteiger charge is -2.15. The molecule has 1 aromatic rings. The fourth-order valence-corrected chi connectivity index (χ4v) is 2.27. The van der Waals surface area contributed by atoms with Crippen molar-refractivity contribution in [2.75, 3.05) is 32.9 Å². The molecule has 0 bridgehead atoms. The Balaban J connectivity index is 2.14. The lowest BCUT2D eigenvalue weighted by atomic mass is 10.4. The van der Waals surface area contributed by atoms with E-state index in [1.807, 2.05) is 12.4 Å². The standard InChI is InChI=1S/C9H17N3O2S2/c1-12(7-4-11-16(2,13)14)6-3-9-10-5-8-15-9/h5,8,11H,3-4,6-7H2,1-2H3. The summed E-state index contributed by atoms with van der Waals surface area (Å²) in [5.74, 6) is 0. The van der Waals surface area contributed by atoms with Crippen LogP contribution in [0.15, 0.2) is 11.6 Å². The second kappa shape index (κ2) is 6.29. The normalized spacial score (nSPS) is 12.2. The van der Waals surface area contributed by atoms with Crippen molar-refractivity contribution < 1.29 is 8.42 Å². The molecule has 0 saturated heterocycles. The molecule has 16 heavy (non-hydrogen) atoms. The Labute approximate surface area is 101 Å². The van der Waals surface area contributed by atoms with Gasteiger partial charge in [-0.3, -0.25) is 0 Å². The first-order chi connectivity index (χ1) is 7.47. The van der Waals surface area contributed by atoms with Crippen molar-refractivity contribution in [2.45, 2.75) is 6.42 Å². The average molecular weight is 263 g/mol. The Hall–Kier alpha value is -0.500. The summed E-state index contributed by atoms with van der Waals surface area (Å²) in [7, 11) is -1.10. The molecule has 1 heterocycles. The van der Waals surface area contributed by atoms with Crippen LogP contribution in [-0.4, -0.2) is 51.2 Å². The highest BCUT2D eigenvalue weighted by Crippen LogP contribution is 2.04. The highest BCUT2D eigenvalue weighted by atomic mass is 32.2. The third-order valence-corrected chi connectivity index (χ3v) is 3.62. The number of nitrogens with zero attached hydrogens (tertiary/aromatic N) is 2. The van der Waals surface area contributed by atoms with E-state index in [-0.39, 0.29) is 0 Å². The molecular formula is C9H17N3O2S2. The first kappa shape index (κ1) is 13.6. The summed E-state index contributed by atoms with van der Waals surface area (Å²) in [6.45, 7) is 2.05. The van der Waals surface area contributed by atoms with Gasteiger partial charge in [0.25, 0.3) is 0 Å². The van der Waals surface area contributed by atoms with Crippen molar-refractivity contribution in [3.8, 4) is 0 Å². The Bertz CT molecular complexity index is 389. The average Bonchev–Trinajstić information content (AvgIpc) is 2.65. The first-order valence-corrected chi connectivity index (χ1v) is 7.76. The Morgan fingerprint density at radius 3 is 2.81 bits per heavy atom. The van der Waals surface area contributed by atoms with Gasteiger partial charge in [-0.2, -0.15) is 0 Å². The van der Waals surface area contributed by atoms with Crippen molar-refractivity contribution in [1.82, 2.24) is 14.6 Å². The lowest BCUT2D eigenvalue weighted by molar-refractivity contribution is 0.343. The molecule has 1 N–H and O–H groups in total. The Morgan fingerprint density at radius 1 is 1.50 bits per heavy atom. The molecule has 0 amide bonds. The SMILES string of the molecule is CN(CCNS(C)(=O)=O)CCc1nccs1. The van der Waals surface area contributed by atoms with E-state index >= 15 is 0 Å². The number of hydrogen-bond acceptors (Lipinski definition) is 5. The Kier molecular flexibility index (Phi) is 5.33. The van der Waals surface area contributed by atoms with Gasteiger partial charge in [0.1, 0.15) is 0 Å². The second-order valence-corrected chi connectivity index (χ2v) is 6.46. The number of aromatic nitrogens is 1. The topological polar surface area (TPSA) is 62.3 Å². The van der Waals surface area contributed by atoms with Crippen molar-refractivity contribution in [1.29, 1.82) is 0 Å². The molecular weight excluding hydrogens is 246 g/mol. The van der Waals surface area contributed by atoms with E-state index < -0.39 is 10.0 Å². The fraction of sp³-hybridized carbons (Fsp3) is 0.667. The van der Waals surface area contributed by atoms with Gasteiger partial charge >= 0.3 is 0 Å². The van der Waals surface area contributed by atoms with Crippen molar-refractivity contribution in [3.05, 3.63) is 16.6 Å². The predicted octanol–water partition coefficient (Wildman–Crippen LogP) is 0.167. The lowest BCUT2D eigenvalue weighted by Crippen LogP contribution is -2.33. The summed E-state index contributed by atoms with van der Waals surface area (Å²) in [4.78, 5) is 6.27. The van der Waals surface area contributed by atoms with Crippen LogP contribution in [0, 0.1) is 0 Å². The van der Waals surface area contributed by atoms with E-state index in [0.29, 0.717) is 13.1 Å². The molecule has 7 heteroatoms. The summed E-state index contributed by atoms with van der Waals surface area (Å²) < 4.78 is 24.1. The van der Waals surface area contributed by atoms with Crippen LogP contribution in [0.2, 0.25) is 0 Å². The van der Waals surface area contributed by atoms with Crippen LogP contribution < -0.4 is 4.72 Å².